The third kappa shape index (κ3) is 2.69. The molecule has 1 atom stereocenters. The maximum Gasteiger partial charge on any atom is 0.228 e. The number of aliphatic hydroxyl groups is 1. The van der Waals surface area contributed by atoms with Crippen LogP contribution in [0.1, 0.15) is 49.7 Å². The van der Waals surface area contributed by atoms with Crippen LogP contribution in [0.3, 0.4) is 0 Å². The zero-order chi connectivity index (χ0) is 18.5. The number of ether oxygens (including phenoxy) is 1. The van der Waals surface area contributed by atoms with E-state index in [1.165, 1.54) is 6.07 Å². The smallest absolute Gasteiger partial charge is 0.228 e. The first-order chi connectivity index (χ1) is 12.4. The second kappa shape index (κ2) is 5.95. The van der Waals surface area contributed by atoms with E-state index in [2.05, 4.69) is 0 Å². The van der Waals surface area contributed by atoms with Gasteiger partial charge in [0.05, 0.1) is 5.92 Å². The summed E-state index contributed by atoms with van der Waals surface area (Å²) in [5.41, 5.74) is 0.843. The number of hydrogen-bond acceptors (Lipinski definition) is 5. The fourth-order valence-corrected chi connectivity index (χ4v) is 3.83. The van der Waals surface area contributed by atoms with Gasteiger partial charge in [-0.05, 0) is 11.0 Å². The molecule has 1 aliphatic carbocycles. The Balaban J connectivity index is 1.99. The van der Waals surface area contributed by atoms with Crippen molar-refractivity contribution >= 4 is 5.78 Å². The van der Waals surface area contributed by atoms with Gasteiger partial charge < -0.3 is 14.3 Å². The largest absolute Gasteiger partial charge is 0.458 e. The summed E-state index contributed by atoms with van der Waals surface area (Å²) in [5, 5.41) is 9.42. The van der Waals surface area contributed by atoms with Gasteiger partial charge in [-0.1, -0.05) is 44.2 Å². The molecule has 0 bridgehead atoms. The normalized spacial score (nSPS) is 21.0. The van der Waals surface area contributed by atoms with E-state index in [4.69, 9.17) is 9.15 Å². The molecule has 0 spiro atoms. The van der Waals surface area contributed by atoms with Crippen LogP contribution >= 0.6 is 0 Å². The van der Waals surface area contributed by atoms with Gasteiger partial charge in [-0.25, -0.2) is 0 Å². The highest BCUT2D eigenvalue weighted by atomic mass is 16.5. The van der Waals surface area contributed by atoms with Gasteiger partial charge in [0.25, 0.3) is 0 Å². The lowest BCUT2D eigenvalue weighted by atomic mass is 9.71. The van der Waals surface area contributed by atoms with Crippen molar-refractivity contribution in [2.24, 2.45) is 5.41 Å². The maximum atomic E-state index is 13.0. The number of ketones is 1. The molecular formula is C21H20O5. The van der Waals surface area contributed by atoms with Crippen LogP contribution in [0.15, 0.2) is 56.9 Å². The van der Waals surface area contributed by atoms with Gasteiger partial charge in [-0.15, -0.1) is 0 Å². The zero-order valence-corrected chi connectivity index (χ0v) is 14.7. The molecule has 0 amide bonds. The second-order valence-corrected chi connectivity index (χ2v) is 7.65. The van der Waals surface area contributed by atoms with Gasteiger partial charge in [0, 0.05) is 24.5 Å². The summed E-state index contributed by atoms with van der Waals surface area (Å²) >= 11 is 0. The Hall–Kier alpha value is -2.66. The zero-order valence-electron chi connectivity index (χ0n) is 14.7. The Bertz CT molecular complexity index is 966. The van der Waals surface area contributed by atoms with E-state index < -0.39 is 12.5 Å². The van der Waals surface area contributed by atoms with Crippen LogP contribution in [0, 0.1) is 5.41 Å². The predicted molar refractivity (Wildman–Crippen MR) is 94.9 cm³/mol. The number of aliphatic hydroxyl groups excluding tert-OH is 1. The molecule has 134 valence electrons. The summed E-state index contributed by atoms with van der Waals surface area (Å²) in [6, 6.07) is 10.7. The first-order valence-electron chi connectivity index (χ1n) is 8.66. The Morgan fingerprint density at radius 3 is 2.58 bits per heavy atom. The van der Waals surface area contributed by atoms with Crippen molar-refractivity contribution < 1.29 is 19.1 Å². The highest BCUT2D eigenvalue weighted by Gasteiger charge is 2.44. The third-order valence-corrected chi connectivity index (χ3v) is 4.92. The monoisotopic (exact) mass is 352 g/mol. The van der Waals surface area contributed by atoms with Crippen LogP contribution in [0.25, 0.3) is 0 Å². The molecule has 26 heavy (non-hydrogen) atoms. The van der Waals surface area contributed by atoms with E-state index in [-0.39, 0.29) is 28.1 Å². The molecular weight excluding hydrogens is 332 g/mol. The molecule has 2 aliphatic rings. The quantitative estimate of drug-likeness (QED) is 0.897. The van der Waals surface area contributed by atoms with E-state index in [1.54, 1.807) is 0 Å². The molecule has 0 fully saturated rings. The summed E-state index contributed by atoms with van der Waals surface area (Å²) < 4.78 is 11.7. The Labute approximate surface area is 150 Å². The van der Waals surface area contributed by atoms with Crippen LogP contribution < -0.4 is 10.2 Å². The number of Topliss-reactive ketones (excluding diaryl/α,β-unsaturated/α-hetero) is 1. The van der Waals surface area contributed by atoms with E-state index in [1.807, 2.05) is 44.2 Å². The van der Waals surface area contributed by atoms with Crippen LogP contribution in [0.4, 0.5) is 0 Å². The summed E-state index contributed by atoms with van der Waals surface area (Å²) in [4.78, 5) is 25.5. The summed E-state index contributed by atoms with van der Waals surface area (Å²) in [7, 11) is 0. The van der Waals surface area contributed by atoms with E-state index in [0.717, 1.165) is 5.56 Å². The SMILES string of the molecule is CC1(C)CC(=O)C2=C(C1)Oc1c(oc(CO)cc1=O)C2c1ccccc1. The lowest BCUT2D eigenvalue weighted by Gasteiger charge is -2.37. The Kier molecular flexibility index (Phi) is 3.84. The molecule has 1 N–H and O–H groups in total. The molecule has 2 heterocycles. The average Bonchev–Trinajstić information content (AvgIpc) is 2.60. The van der Waals surface area contributed by atoms with Crippen molar-refractivity contribution in [1.29, 1.82) is 0 Å². The van der Waals surface area contributed by atoms with Crippen LogP contribution in [0.5, 0.6) is 5.75 Å². The molecule has 1 unspecified atom stereocenters. The minimum atomic E-state index is -0.502. The highest BCUT2D eigenvalue weighted by molar-refractivity contribution is 5.99. The number of allylic oxidation sites excluding steroid dienone is 2. The first-order valence-corrected chi connectivity index (χ1v) is 8.66. The molecule has 1 aromatic carbocycles. The van der Waals surface area contributed by atoms with E-state index in [9.17, 15) is 14.7 Å². The minimum absolute atomic E-state index is 0.00723. The van der Waals surface area contributed by atoms with Gasteiger partial charge in [0.1, 0.15) is 18.1 Å². The summed E-state index contributed by atoms with van der Waals surface area (Å²) in [6.45, 7) is 3.64. The molecule has 1 aromatic heterocycles. The Morgan fingerprint density at radius 2 is 1.88 bits per heavy atom. The average molecular weight is 352 g/mol. The number of carbonyl (C=O) groups excluding carboxylic acids is 1. The van der Waals surface area contributed by atoms with Crippen molar-refractivity contribution in [1.82, 2.24) is 0 Å². The van der Waals surface area contributed by atoms with Gasteiger partial charge in [-0.3, -0.25) is 9.59 Å². The topological polar surface area (TPSA) is 76.7 Å². The number of hydrogen-bond donors (Lipinski definition) is 1. The number of carbonyl (C=O) groups is 1. The standard InChI is InChI=1S/C21H20O5/c1-21(2)9-15(24)18-16(10-21)26-19-14(23)8-13(11-22)25-20(19)17(18)12-6-4-3-5-7-12/h3-8,17,22H,9-11H2,1-2H3. The molecule has 0 saturated heterocycles. The van der Waals surface area contributed by atoms with Crippen LogP contribution in [0.2, 0.25) is 0 Å². The van der Waals surface area contributed by atoms with Gasteiger partial charge >= 0.3 is 0 Å². The molecule has 1 aliphatic heterocycles. The highest BCUT2D eigenvalue weighted by Crippen LogP contribution is 2.49. The summed E-state index contributed by atoms with van der Waals surface area (Å²) in [5.74, 6) is 0.619. The fourth-order valence-electron chi connectivity index (χ4n) is 3.83. The van der Waals surface area contributed by atoms with E-state index >= 15 is 0 Å². The Morgan fingerprint density at radius 1 is 1.15 bits per heavy atom. The van der Waals surface area contributed by atoms with Crippen molar-refractivity contribution in [3.05, 3.63) is 75.0 Å². The van der Waals surface area contributed by atoms with Crippen molar-refractivity contribution in [2.45, 2.75) is 39.2 Å². The van der Waals surface area contributed by atoms with E-state index in [0.29, 0.717) is 29.9 Å². The molecule has 4 rings (SSSR count). The van der Waals surface area contributed by atoms with Crippen molar-refractivity contribution in [2.75, 3.05) is 0 Å². The van der Waals surface area contributed by atoms with Crippen molar-refractivity contribution in [3.63, 3.8) is 0 Å². The van der Waals surface area contributed by atoms with Gasteiger partial charge in [0.2, 0.25) is 11.2 Å². The molecule has 0 saturated carbocycles. The molecule has 2 aromatic rings. The first kappa shape index (κ1) is 16.8. The van der Waals surface area contributed by atoms with Gasteiger partial charge in [0.15, 0.2) is 11.5 Å². The molecule has 0 radical (unpaired) electrons. The number of benzene rings is 1. The predicted octanol–water partition coefficient (Wildman–Crippen LogP) is 3.30. The maximum absolute atomic E-state index is 13.0. The molecule has 5 heteroatoms. The van der Waals surface area contributed by atoms with Crippen LogP contribution in [-0.4, -0.2) is 10.9 Å². The van der Waals surface area contributed by atoms with Crippen LogP contribution in [-0.2, 0) is 11.4 Å². The lowest BCUT2D eigenvalue weighted by molar-refractivity contribution is -0.118. The van der Waals surface area contributed by atoms with Crippen molar-refractivity contribution in [3.8, 4) is 5.75 Å². The fraction of sp³-hybridized carbons (Fsp3) is 0.333. The molecule has 5 nitrogen and oxygen atoms in total. The number of fused-ring (bicyclic) bond motifs is 1. The lowest BCUT2D eigenvalue weighted by Crippen LogP contribution is -2.34. The number of rotatable bonds is 2. The van der Waals surface area contributed by atoms with Gasteiger partial charge in [-0.2, -0.15) is 0 Å². The second-order valence-electron chi connectivity index (χ2n) is 7.65. The summed E-state index contributed by atoms with van der Waals surface area (Å²) in [6.07, 6.45) is 0.996. The minimum Gasteiger partial charge on any atom is -0.458 e. The third-order valence-electron chi connectivity index (χ3n) is 4.92.